The molecular weight excluding hydrogens is 510 g/mol. The molecule has 0 spiro atoms. The smallest absolute Gasteiger partial charge is 0.232 e. The molecule has 0 unspecified atom stereocenters. The summed E-state index contributed by atoms with van der Waals surface area (Å²) in [6.07, 6.45) is 11.1. The quantitative estimate of drug-likeness (QED) is 0.327. The van der Waals surface area contributed by atoms with E-state index in [1.807, 2.05) is 36.4 Å². The highest BCUT2D eigenvalue weighted by molar-refractivity contribution is 7.92. The second kappa shape index (κ2) is 14.2. The van der Waals surface area contributed by atoms with Crippen LogP contribution >= 0.6 is 0 Å². The maximum atomic E-state index is 12.5. The van der Waals surface area contributed by atoms with Gasteiger partial charge in [-0.3, -0.25) is 14.0 Å². The highest BCUT2D eigenvalue weighted by atomic mass is 32.2. The van der Waals surface area contributed by atoms with Crippen LogP contribution in [0.2, 0.25) is 0 Å². The molecule has 2 fully saturated rings. The van der Waals surface area contributed by atoms with Gasteiger partial charge in [0.2, 0.25) is 15.9 Å². The molecule has 2 aromatic carbocycles. The summed E-state index contributed by atoms with van der Waals surface area (Å²) in [7, 11) is -3.35. The molecule has 39 heavy (non-hydrogen) atoms. The van der Waals surface area contributed by atoms with Crippen molar-refractivity contribution in [3.63, 3.8) is 0 Å². The SMILES string of the molecule is CCCCNC(=O)C1CCN(Cc2ccc(Oc3ccc(N(CC4CCCCC4)S(C)(=O)=O)cc3)cc2)CC1. The Balaban J connectivity index is 1.27. The monoisotopic (exact) mass is 555 g/mol. The predicted octanol–water partition coefficient (Wildman–Crippen LogP) is 5.95. The van der Waals surface area contributed by atoms with Gasteiger partial charge < -0.3 is 10.1 Å². The number of nitrogens with one attached hydrogen (secondary N) is 1. The highest BCUT2D eigenvalue weighted by Crippen LogP contribution is 2.30. The normalized spacial score (nSPS) is 17.6. The lowest BCUT2D eigenvalue weighted by atomic mass is 9.89. The summed E-state index contributed by atoms with van der Waals surface area (Å²) in [5, 5.41) is 3.07. The summed E-state index contributed by atoms with van der Waals surface area (Å²) in [6.45, 7) is 6.19. The van der Waals surface area contributed by atoms with Gasteiger partial charge in [-0.2, -0.15) is 0 Å². The molecule has 214 valence electrons. The molecule has 0 radical (unpaired) electrons. The number of sulfonamides is 1. The molecule has 2 aliphatic rings. The van der Waals surface area contributed by atoms with Crippen molar-refractivity contribution in [2.24, 2.45) is 11.8 Å². The van der Waals surface area contributed by atoms with Crippen LogP contribution in [-0.2, 0) is 21.4 Å². The van der Waals surface area contributed by atoms with Gasteiger partial charge in [-0.25, -0.2) is 8.42 Å². The summed E-state index contributed by atoms with van der Waals surface area (Å²) in [5.41, 5.74) is 1.91. The van der Waals surface area contributed by atoms with Crippen molar-refractivity contribution >= 4 is 21.6 Å². The maximum Gasteiger partial charge on any atom is 0.232 e. The number of nitrogens with zero attached hydrogens (tertiary/aromatic N) is 2. The summed E-state index contributed by atoms with van der Waals surface area (Å²) < 4.78 is 32.6. The Bertz CT molecular complexity index is 1140. The summed E-state index contributed by atoms with van der Waals surface area (Å²) in [5.74, 6) is 2.19. The molecular formula is C31H45N3O4S. The van der Waals surface area contributed by atoms with E-state index in [1.54, 1.807) is 4.31 Å². The zero-order valence-corrected chi connectivity index (χ0v) is 24.4. The van der Waals surface area contributed by atoms with E-state index in [1.165, 1.54) is 31.1 Å². The number of amides is 1. The molecule has 1 saturated carbocycles. The topological polar surface area (TPSA) is 79.0 Å². The van der Waals surface area contributed by atoms with Crippen LogP contribution in [0.1, 0.15) is 70.3 Å². The van der Waals surface area contributed by atoms with E-state index in [9.17, 15) is 13.2 Å². The van der Waals surface area contributed by atoms with Crippen LogP contribution in [0.15, 0.2) is 48.5 Å². The molecule has 1 aliphatic carbocycles. The Labute approximate surface area is 235 Å². The number of benzene rings is 2. The van der Waals surface area contributed by atoms with Gasteiger partial charge in [0.05, 0.1) is 11.9 Å². The van der Waals surface area contributed by atoms with Gasteiger partial charge in [-0.1, -0.05) is 44.7 Å². The number of likely N-dealkylation sites (tertiary alicyclic amines) is 1. The van der Waals surface area contributed by atoms with E-state index < -0.39 is 10.0 Å². The third-order valence-electron chi connectivity index (χ3n) is 8.03. The number of anilines is 1. The fraction of sp³-hybridized carbons (Fsp3) is 0.581. The molecule has 0 atom stereocenters. The molecule has 0 aromatic heterocycles. The standard InChI is InChI=1S/C31H45N3O4S/c1-3-4-20-32-31(35)27-18-21-33(22-19-27)23-26-10-14-29(15-11-26)38-30-16-12-28(13-17-30)34(39(2,36)37)24-25-8-6-5-7-9-25/h10-17,25,27H,3-9,18-24H2,1-2H3,(H,32,35). The van der Waals surface area contributed by atoms with Gasteiger partial charge in [0.15, 0.2) is 0 Å². The van der Waals surface area contributed by atoms with Gasteiger partial charge in [-0.15, -0.1) is 0 Å². The van der Waals surface area contributed by atoms with Crippen LogP contribution in [0.3, 0.4) is 0 Å². The summed E-state index contributed by atoms with van der Waals surface area (Å²) in [6, 6.07) is 15.5. The number of carbonyl (C=O) groups is 1. The lowest BCUT2D eigenvalue weighted by Gasteiger charge is -2.31. The third-order valence-corrected chi connectivity index (χ3v) is 9.19. The number of hydrogen-bond acceptors (Lipinski definition) is 5. The number of piperidine rings is 1. The van der Waals surface area contributed by atoms with Gasteiger partial charge in [0, 0.05) is 25.6 Å². The van der Waals surface area contributed by atoms with E-state index in [-0.39, 0.29) is 11.8 Å². The van der Waals surface area contributed by atoms with Crippen molar-refractivity contribution in [1.29, 1.82) is 0 Å². The van der Waals surface area contributed by atoms with Crippen LogP contribution in [0, 0.1) is 11.8 Å². The zero-order chi connectivity index (χ0) is 27.7. The fourth-order valence-corrected chi connectivity index (χ4v) is 6.65. The molecule has 1 aliphatic heterocycles. The minimum Gasteiger partial charge on any atom is -0.457 e. The van der Waals surface area contributed by atoms with E-state index in [0.717, 1.165) is 70.5 Å². The Morgan fingerprint density at radius 3 is 2.15 bits per heavy atom. The van der Waals surface area contributed by atoms with Crippen LogP contribution in [0.5, 0.6) is 11.5 Å². The first-order valence-corrected chi connectivity index (χ1v) is 16.5. The van der Waals surface area contributed by atoms with Crippen LogP contribution in [0.25, 0.3) is 0 Å². The lowest BCUT2D eigenvalue weighted by Crippen LogP contribution is -2.40. The first-order valence-electron chi connectivity index (χ1n) is 14.7. The Morgan fingerprint density at radius 2 is 1.56 bits per heavy atom. The van der Waals surface area contributed by atoms with Gasteiger partial charge >= 0.3 is 0 Å². The number of hydrogen-bond donors (Lipinski definition) is 1. The van der Waals surface area contributed by atoms with Crippen molar-refractivity contribution in [3.05, 3.63) is 54.1 Å². The lowest BCUT2D eigenvalue weighted by molar-refractivity contribution is -0.126. The van der Waals surface area contributed by atoms with Gasteiger partial charge in [0.25, 0.3) is 0 Å². The fourth-order valence-electron chi connectivity index (χ4n) is 5.66. The minimum atomic E-state index is -3.35. The Kier molecular flexibility index (Phi) is 10.7. The third kappa shape index (κ3) is 8.97. The Hall–Kier alpha value is -2.58. The largest absolute Gasteiger partial charge is 0.457 e. The van der Waals surface area contributed by atoms with Crippen LogP contribution < -0.4 is 14.4 Å². The molecule has 1 heterocycles. The molecule has 4 rings (SSSR count). The van der Waals surface area contributed by atoms with Crippen LogP contribution in [-0.4, -0.2) is 51.7 Å². The van der Waals surface area contributed by atoms with E-state index >= 15 is 0 Å². The van der Waals surface area contributed by atoms with Crippen molar-refractivity contribution < 1.29 is 17.9 Å². The van der Waals surface area contributed by atoms with Crippen molar-refractivity contribution in [2.45, 2.75) is 71.3 Å². The molecule has 1 N–H and O–H groups in total. The molecule has 7 nitrogen and oxygen atoms in total. The number of ether oxygens (including phenoxy) is 1. The summed E-state index contributed by atoms with van der Waals surface area (Å²) in [4.78, 5) is 14.7. The van der Waals surface area contributed by atoms with Crippen LogP contribution in [0.4, 0.5) is 5.69 Å². The second-order valence-electron chi connectivity index (χ2n) is 11.2. The van der Waals surface area contributed by atoms with E-state index in [2.05, 4.69) is 29.3 Å². The van der Waals surface area contributed by atoms with Gasteiger partial charge in [0.1, 0.15) is 11.5 Å². The highest BCUT2D eigenvalue weighted by Gasteiger charge is 2.25. The number of unbranched alkanes of at least 4 members (excludes halogenated alkanes) is 1. The molecule has 2 aromatic rings. The van der Waals surface area contributed by atoms with Crippen molar-refractivity contribution in [3.8, 4) is 11.5 Å². The van der Waals surface area contributed by atoms with E-state index in [0.29, 0.717) is 23.9 Å². The second-order valence-corrected chi connectivity index (χ2v) is 13.1. The maximum absolute atomic E-state index is 12.5. The number of carbonyl (C=O) groups excluding carboxylic acids is 1. The molecule has 1 amide bonds. The molecule has 1 saturated heterocycles. The number of rotatable bonds is 12. The first kappa shape index (κ1) is 29.4. The average Bonchev–Trinajstić information content (AvgIpc) is 2.94. The molecule has 8 heteroatoms. The average molecular weight is 556 g/mol. The van der Waals surface area contributed by atoms with E-state index in [4.69, 9.17) is 4.74 Å². The Morgan fingerprint density at radius 1 is 0.949 bits per heavy atom. The summed E-state index contributed by atoms with van der Waals surface area (Å²) >= 11 is 0. The first-order chi connectivity index (χ1) is 18.8. The minimum absolute atomic E-state index is 0.136. The van der Waals surface area contributed by atoms with Crippen molar-refractivity contribution in [1.82, 2.24) is 10.2 Å². The van der Waals surface area contributed by atoms with Gasteiger partial charge in [-0.05, 0) is 93.1 Å². The predicted molar refractivity (Wildman–Crippen MR) is 158 cm³/mol. The zero-order valence-electron chi connectivity index (χ0n) is 23.6. The van der Waals surface area contributed by atoms with Crippen molar-refractivity contribution in [2.75, 3.05) is 36.7 Å². The molecule has 0 bridgehead atoms.